The summed E-state index contributed by atoms with van der Waals surface area (Å²) in [6.07, 6.45) is 4.21. The molecule has 1 aliphatic heterocycles. The summed E-state index contributed by atoms with van der Waals surface area (Å²) in [6.45, 7) is 2.58. The predicted molar refractivity (Wildman–Crippen MR) is 110 cm³/mol. The molecule has 2 heterocycles. The summed E-state index contributed by atoms with van der Waals surface area (Å²) in [5, 5.41) is 9.07. The molecule has 28 heavy (non-hydrogen) atoms. The molecule has 1 N–H and O–H groups in total. The molecule has 1 aromatic heterocycles. The van der Waals surface area contributed by atoms with E-state index in [9.17, 15) is 8.42 Å². The Morgan fingerprint density at radius 3 is 2.75 bits per heavy atom. The third-order valence-electron chi connectivity index (χ3n) is 4.96. The molecule has 4 rings (SSSR count). The molecular formula is C20H21ClN4O2S. The van der Waals surface area contributed by atoms with E-state index < -0.39 is 10.0 Å². The van der Waals surface area contributed by atoms with E-state index in [0.29, 0.717) is 27.7 Å². The highest BCUT2D eigenvalue weighted by atomic mass is 35.5. The first-order chi connectivity index (χ1) is 13.5. The van der Waals surface area contributed by atoms with Crippen LogP contribution in [0.1, 0.15) is 30.7 Å². The van der Waals surface area contributed by atoms with Crippen molar-refractivity contribution in [1.29, 1.82) is 0 Å². The second kappa shape index (κ2) is 7.56. The molecule has 2 aromatic carbocycles. The monoisotopic (exact) mass is 416 g/mol. The quantitative estimate of drug-likeness (QED) is 0.682. The van der Waals surface area contributed by atoms with Crippen molar-refractivity contribution in [3.8, 4) is 11.4 Å². The van der Waals surface area contributed by atoms with Crippen molar-refractivity contribution in [2.75, 3.05) is 4.72 Å². The summed E-state index contributed by atoms with van der Waals surface area (Å²) in [4.78, 5) is 0.162. The number of sulfonamides is 1. The first kappa shape index (κ1) is 19.0. The Balaban J connectivity index is 1.75. The summed E-state index contributed by atoms with van der Waals surface area (Å²) in [7, 11) is -3.80. The lowest BCUT2D eigenvalue weighted by Crippen LogP contribution is -2.15. The van der Waals surface area contributed by atoms with Crippen molar-refractivity contribution in [2.24, 2.45) is 0 Å². The molecule has 0 radical (unpaired) electrons. The lowest BCUT2D eigenvalue weighted by molar-refractivity contribution is 0.600. The minimum atomic E-state index is -3.80. The molecule has 146 valence electrons. The van der Waals surface area contributed by atoms with E-state index in [1.807, 2.05) is 12.1 Å². The average Bonchev–Trinajstić information content (AvgIpc) is 2.91. The van der Waals surface area contributed by atoms with Gasteiger partial charge in [-0.05, 0) is 49.6 Å². The van der Waals surface area contributed by atoms with Gasteiger partial charge in [0, 0.05) is 23.6 Å². The van der Waals surface area contributed by atoms with Crippen LogP contribution >= 0.6 is 11.6 Å². The second-order valence-corrected chi connectivity index (χ2v) is 9.05. The predicted octanol–water partition coefficient (Wildman–Crippen LogP) is 4.43. The van der Waals surface area contributed by atoms with E-state index in [1.54, 1.807) is 31.2 Å². The Morgan fingerprint density at radius 2 is 1.89 bits per heavy atom. The van der Waals surface area contributed by atoms with Crippen molar-refractivity contribution in [1.82, 2.24) is 14.8 Å². The summed E-state index contributed by atoms with van der Waals surface area (Å²) >= 11 is 6.02. The number of nitrogens with one attached hydrogen (secondary N) is 1. The van der Waals surface area contributed by atoms with Crippen LogP contribution in [0.3, 0.4) is 0 Å². The summed E-state index contributed by atoms with van der Waals surface area (Å²) in [5.41, 5.74) is 1.82. The second-order valence-electron chi connectivity index (χ2n) is 6.96. The van der Waals surface area contributed by atoms with E-state index >= 15 is 0 Å². The number of fused-ring (bicyclic) bond motifs is 1. The van der Waals surface area contributed by atoms with Crippen molar-refractivity contribution in [2.45, 2.75) is 44.0 Å². The Kier molecular flexibility index (Phi) is 5.12. The molecule has 3 aromatic rings. The number of hydrogen-bond acceptors (Lipinski definition) is 4. The van der Waals surface area contributed by atoms with Crippen LogP contribution in [0, 0.1) is 6.92 Å². The lowest BCUT2D eigenvalue weighted by Gasteiger charge is -2.15. The lowest BCUT2D eigenvalue weighted by atomic mass is 10.1. The molecule has 0 atom stereocenters. The van der Waals surface area contributed by atoms with Gasteiger partial charge in [0.15, 0.2) is 5.82 Å². The van der Waals surface area contributed by atoms with Crippen LogP contribution in [-0.2, 0) is 23.0 Å². The van der Waals surface area contributed by atoms with Crippen LogP contribution in [0.4, 0.5) is 5.69 Å². The van der Waals surface area contributed by atoms with Crippen LogP contribution < -0.4 is 4.72 Å². The van der Waals surface area contributed by atoms with Crippen molar-refractivity contribution in [3.63, 3.8) is 0 Å². The molecule has 0 saturated carbocycles. The van der Waals surface area contributed by atoms with E-state index in [0.717, 1.165) is 38.1 Å². The largest absolute Gasteiger partial charge is 0.311 e. The van der Waals surface area contributed by atoms with E-state index in [2.05, 4.69) is 19.5 Å². The van der Waals surface area contributed by atoms with Gasteiger partial charge in [-0.25, -0.2) is 8.42 Å². The van der Waals surface area contributed by atoms with Gasteiger partial charge in [0.1, 0.15) is 5.82 Å². The number of benzene rings is 2. The third-order valence-corrected chi connectivity index (χ3v) is 6.70. The van der Waals surface area contributed by atoms with Crippen molar-refractivity contribution < 1.29 is 8.42 Å². The number of aryl methyl sites for hydroxylation is 2. The molecule has 0 unspecified atom stereocenters. The van der Waals surface area contributed by atoms with Gasteiger partial charge < -0.3 is 4.57 Å². The normalized spacial score (nSPS) is 14.4. The third kappa shape index (κ3) is 3.64. The molecule has 0 spiro atoms. The molecular weight excluding hydrogens is 396 g/mol. The SMILES string of the molecule is Cc1ccc(Cl)cc1S(=O)(=O)Nc1ccccc1-c1nnc2n1CCCCC2. The van der Waals surface area contributed by atoms with E-state index in [4.69, 9.17) is 11.6 Å². The minimum Gasteiger partial charge on any atom is -0.311 e. The maximum absolute atomic E-state index is 13.0. The number of aromatic nitrogens is 3. The number of rotatable bonds is 4. The van der Waals surface area contributed by atoms with Crippen LogP contribution in [0.15, 0.2) is 47.4 Å². The Hall–Kier alpha value is -2.38. The van der Waals surface area contributed by atoms with Crippen LogP contribution in [0.2, 0.25) is 5.02 Å². The molecule has 0 saturated heterocycles. The fraction of sp³-hybridized carbons (Fsp3) is 0.300. The molecule has 6 nitrogen and oxygen atoms in total. The molecule has 8 heteroatoms. The zero-order valence-electron chi connectivity index (χ0n) is 15.5. The molecule has 0 amide bonds. The van der Waals surface area contributed by atoms with Crippen LogP contribution in [0.25, 0.3) is 11.4 Å². The first-order valence-electron chi connectivity index (χ1n) is 9.26. The van der Waals surface area contributed by atoms with Gasteiger partial charge in [-0.2, -0.15) is 0 Å². The van der Waals surface area contributed by atoms with Crippen molar-refractivity contribution >= 4 is 27.3 Å². The zero-order valence-corrected chi connectivity index (χ0v) is 17.1. The van der Waals surface area contributed by atoms with Gasteiger partial charge in [-0.1, -0.05) is 36.2 Å². The van der Waals surface area contributed by atoms with E-state index in [-0.39, 0.29) is 4.90 Å². The summed E-state index contributed by atoms with van der Waals surface area (Å²) < 4.78 is 30.9. The summed E-state index contributed by atoms with van der Waals surface area (Å²) in [6, 6.07) is 12.1. The highest BCUT2D eigenvalue weighted by Crippen LogP contribution is 2.31. The number of anilines is 1. The van der Waals surface area contributed by atoms with Gasteiger partial charge in [0.05, 0.1) is 10.6 Å². The standard InChI is InChI=1S/C20H21ClN4O2S/c1-14-10-11-15(21)13-18(14)28(26,27)24-17-8-5-4-7-16(17)20-23-22-19-9-3-2-6-12-25(19)20/h4-5,7-8,10-11,13,24H,2-3,6,9,12H2,1H3. The Morgan fingerprint density at radius 1 is 1.07 bits per heavy atom. The van der Waals surface area contributed by atoms with Gasteiger partial charge in [0.2, 0.25) is 0 Å². The number of halogens is 1. The average molecular weight is 417 g/mol. The zero-order chi connectivity index (χ0) is 19.7. The van der Waals surface area contributed by atoms with E-state index in [1.165, 1.54) is 6.07 Å². The number of para-hydroxylation sites is 1. The summed E-state index contributed by atoms with van der Waals surface area (Å²) in [5.74, 6) is 1.65. The fourth-order valence-corrected chi connectivity index (χ4v) is 5.10. The molecule has 0 bridgehead atoms. The van der Waals surface area contributed by atoms with Crippen LogP contribution in [-0.4, -0.2) is 23.2 Å². The highest BCUT2D eigenvalue weighted by Gasteiger charge is 2.22. The Labute approximate surface area is 169 Å². The minimum absolute atomic E-state index is 0.162. The smallest absolute Gasteiger partial charge is 0.262 e. The molecule has 1 aliphatic rings. The van der Waals surface area contributed by atoms with Gasteiger partial charge >= 0.3 is 0 Å². The highest BCUT2D eigenvalue weighted by molar-refractivity contribution is 7.92. The van der Waals surface area contributed by atoms with Crippen LogP contribution in [0.5, 0.6) is 0 Å². The maximum atomic E-state index is 13.0. The number of hydrogen-bond donors (Lipinski definition) is 1. The maximum Gasteiger partial charge on any atom is 0.262 e. The number of nitrogens with zero attached hydrogens (tertiary/aromatic N) is 3. The van der Waals surface area contributed by atoms with Gasteiger partial charge in [0.25, 0.3) is 10.0 Å². The van der Waals surface area contributed by atoms with Gasteiger partial charge in [-0.3, -0.25) is 4.72 Å². The van der Waals surface area contributed by atoms with Gasteiger partial charge in [-0.15, -0.1) is 10.2 Å². The molecule has 0 aliphatic carbocycles. The topological polar surface area (TPSA) is 76.9 Å². The van der Waals surface area contributed by atoms with Crippen molar-refractivity contribution in [3.05, 3.63) is 58.9 Å². The first-order valence-corrected chi connectivity index (χ1v) is 11.1. The fourth-order valence-electron chi connectivity index (χ4n) is 3.51. The Bertz CT molecular complexity index is 1120. The molecule has 0 fully saturated rings.